The third-order valence-corrected chi connectivity index (χ3v) is 4.26. The molecule has 0 aromatic rings. The second kappa shape index (κ2) is 6.02. The molecule has 0 aromatic carbocycles. The Morgan fingerprint density at radius 3 is 2.62 bits per heavy atom. The van der Waals surface area contributed by atoms with Crippen LogP contribution in [0.4, 0.5) is 0 Å². The van der Waals surface area contributed by atoms with Crippen molar-refractivity contribution in [1.29, 1.82) is 0 Å². The van der Waals surface area contributed by atoms with Crippen LogP contribution in [0.15, 0.2) is 0 Å². The van der Waals surface area contributed by atoms with E-state index in [-0.39, 0.29) is 0 Å². The molecule has 1 aliphatic rings. The van der Waals surface area contributed by atoms with Crippen LogP contribution in [0.3, 0.4) is 0 Å². The standard InChI is InChI=1S/C14H30N2/c1-6-13-9-8-10-16(13)11-14(4,5)12(3)15-7-2/h12-13,15H,6-11H2,1-5H3. The molecule has 2 nitrogen and oxygen atoms in total. The molecular formula is C14H30N2. The number of hydrogen-bond acceptors (Lipinski definition) is 2. The topological polar surface area (TPSA) is 15.3 Å². The van der Waals surface area contributed by atoms with Gasteiger partial charge < -0.3 is 5.32 Å². The summed E-state index contributed by atoms with van der Waals surface area (Å²) in [5.41, 5.74) is 0.369. The highest BCUT2D eigenvalue weighted by atomic mass is 15.2. The first kappa shape index (κ1) is 14.0. The van der Waals surface area contributed by atoms with Crippen molar-refractivity contribution in [1.82, 2.24) is 10.2 Å². The first-order chi connectivity index (χ1) is 7.51. The lowest BCUT2D eigenvalue weighted by molar-refractivity contribution is 0.131. The third kappa shape index (κ3) is 3.46. The average Bonchev–Trinajstić information content (AvgIpc) is 2.64. The Bertz CT molecular complexity index is 201. The quantitative estimate of drug-likeness (QED) is 0.749. The highest BCUT2D eigenvalue weighted by Gasteiger charge is 2.32. The molecule has 1 aliphatic heterocycles. The second-order valence-electron chi connectivity index (χ2n) is 5.94. The summed E-state index contributed by atoms with van der Waals surface area (Å²) >= 11 is 0. The molecule has 2 atom stereocenters. The second-order valence-corrected chi connectivity index (χ2v) is 5.94. The van der Waals surface area contributed by atoms with E-state index in [4.69, 9.17) is 0 Å². The Labute approximate surface area is 102 Å². The summed E-state index contributed by atoms with van der Waals surface area (Å²) in [6.07, 6.45) is 4.11. The zero-order valence-electron chi connectivity index (χ0n) is 11.8. The van der Waals surface area contributed by atoms with Gasteiger partial charge in [0.25, 0.3) is 0 Å². The summed E-state index contributed by atoms with van der Waals surface area (Å²) in [6.45, 7) is 15.2. The molecule has 0 bridgehead atoms. The molecule has 1 heterocycles. The van der Waals surface area contributed by atoms with E-state index in [2.05, 4.69) is 44.8 Å². The average molecular weight is 226 g/mol. The van der Waals surface area contributed by atoms with Gasteiger partial charge in [0.15, 0.2) is 0 Å². The van der Waals surface area contributed by atoms with E-state index >= 15 is 0 Å². The number of hydrogen-bond donors (Lipinski definition) is 1. The minimum Gasteiger partial charge on any atom is -0.314 e. The molecule has 0 radical (unpaired) electrons. The predicted octanol–water partition coefficient (Wildman–Crippen LogP) is 2.89. The van der Waals surface area contributed by atoms with E-state index < -0.39 is 0 Å². The molecule has 2 heteroatoms. The third-order valence-electron chi connectivity index (χ3n) is 4.26. The Kier molecular flexibility index (Phi) is 5.26. The number of nitrogens with one attached hydrogen (secondary N) is 1. The largest absolute Gasteiger partial charge is 0.314 e. The SMILES string of the molecule is CCNC(C)C(C)(C)CN1CCCC1CC. The van der Waals surface area contributed by atoms with Gasteiger partial charge in [-0.25, -0.2) is 0 Å². The van der Waals surface area contributed by atoms with E-state index in [0.717, 1.165) is 12.6 Å². The van der Waals surface area contributed by atoms with Crippen molar-refractivity contribution in [3.05, 3.63) is 0 Å². The van der Waals surface area contributed by atoms with Crippen LogP contribution in [0, 0.1) is 5.41 Å². The van der Waals surface area contributed by atoms with Crippen molar-refractivity contribution in [3.63, 3.8) is 0 Å². The zero-order valence-corrected chi connectivity index (χ0v) is 11.8. The van der Waals surface area contributed by atoms with Gasteiger partial charge in [0.05, 0.1) is 0 Å². The van der Waals surface area contributed by atoms with E-state index in [0.29, 0.717) is 11.5 Å². The predicted molar refractivity (Wildman–Crippen MR) is 71.8 cm³/mol. The lowest BCUT2D eigenvalue weighted by Crippen LogP contribution is -2.47. The van der Waals surface area contributed by atoms with Gasteiger partial charge in [-0.15, -0.1) is 0 Å². The van der Waals surface area contributed by atoms with E-state index in [1.165, 1.54) is 32.4 Å². The van der Waals surface area contributed by atoms with E-state index in [1.807, 2.05) is 0 Å². The Hall–Kier alpha value is -0.0800. The van der Waals surface area contributed by atoms with Crippen molar-refractivity contribution in [2.24, 2.45) is 5.41 Å². The van der Waals surface area contributed by atoms with Crippen molar-refractivity contribution in [2.45, 2.75) is 66.0 Å². The van der Waals surface area contributed by atoms with Gasteiger partial charge >= 0.3 is 0 Å². The highest BCUT2D eigenvalue weighted by molar-refractivity contribution is 4.88. The molecule has 1 N–H and O–H groups in total. The van der Waals surface area contributed by atoms with Crippen LogP contribution in [-0.2, 0) is 0 Å². The van der Waals surface area contributed by atoms with Crippen molar-refractivity contribution < 1.29 is 0 Å². The molecule has 0 aromatic heterocycles. The van der Waals surface area contributed by atoms with Crippen LogP contribution in [0.2, 0.25) is 0 Å². The van der Waals surface area contributed by atoms with Crippen LogP contribution in [-0.4, -0.2) is 36.6 Å². The lowest BCUT2D eigenvalue weighted by Gasteiger charge is -2.38. The molecule has 0 spiro atoms. The maximum absolute atomic E-state index is 3.57. The molecule has 1 saturated heterocycles. The maximum atomic E-state index is 3.57. The Balaban J connectivity index is 2.50. The molecule has 16 heavy (non-hydrogen) atoms. The number of rotatable bonds is 6. The molecule has 0 aliphatic carbocycles. The fraction of sp³-hybridized carbons (Fsp3) is 1.00. The summed E-state index contributed by atoms with van der Waals surface area (Å²) in [5.74, 6) is 0. The minimum absolute atomic E-state index is 0.369. The van der Waals surface area contributed by atoms with Gasteiger partial charge in [-0.2, -0.15) is 0 Å². The molecule has 0 saturated carbocycles. The minimum atomic E-state index is 0.369. The summed E-state index contributed by atoms with van der Waals surface area (Å²) < 4.78 is 0. The first-order valence-corrected chi connectivity index (χ1v) is 6.98. The molecule has 1 rings (SSSR count). The van der Waals surface area contributed by atoms with Gasteiger partial charge in [-0.1, -0.05) is 27.7 Å². The smallest absolute Gasteiger partial charge is 0.0102 e. The van der Waals surface area contributed by atoms with Gasteiger partial charge in [-0.05, 0) is 44.7 Å². The zero-order chi connectivity index (χ0) is 12.2. The fourth-order valence-corrected chi connectivity index (χ4v) is 2.81. The van der Waals surface area contributed by atoms with Gasteiger partial charge in [0, 0.05) is 18.6 Å². The van der Waals surface area contributed by atoms with Crippen LogP contribution in [0.5, 0.6) is 0 Å². The highest BCUT2D eigenvalue weighted by Crippen LogP contribution is 2.28. The normalized spacial score (nSPS) is 24.9. The van der Waals surface area contributed by atoms with Crippen molar-refractivity contribution in [2.75, 3.05) is 19.6 Å². The van der Waals surface area contributed by atoms with E-state index in [9.17, 15) is 0 Å². The molecule has 96 valence electrons. The molecular weight excluding hydrogens is 196 g/mol. The number of nitrogens with zero attached hydrogens (tertiary/aromatic N) is 1. The summed E-state index contributed by atoms with van der Waals surface area (Å²) in [4.78, 5) is 2.70. The fourth-order valence-electron chi connectivity index (χ4n) is 2.81. The monoisotopic (exact) mass is 226 g/mol. The van der Waals surface area contributed by atoms with Gasteiger partial charge in [-0.3, -0.25) is 4.90 Å². The molecule has 1 fully saturated rings. The van der Waals surface area contributed by atoms with Crippen molar-refractivity contribution in [3.8, 4) is 0 Å². The van der Waals surface area contributed by atoms with Crippen LogP contribution in [0.25, 0.3) is 0 Å². The molecule has 0 amide bonds. The van der Waals surface area contributed by atoms with Crippen LogP contribution in [0.1, 0.15) is 53.9 Å². The van der Waals surface area contributed by atoms with Gasteiger partial charge in [0.1, 0.15) is 0 Å². The van der Waals surface area contributed by atoms with Crippen LogP contribution < -0.4 is 5.32 Å². The Morgan fingerprint density at radius 2 is 2.06 bits per heavy atom. The summed E-state index contributed by atoms with van der Waals surface area (Å²) in [5, 5.41) is 3.57. The van der Waals surface area contributed by atoms with E-state index in [1.54, 1.807) is 0 Å². The van der Waals surface area contributed by atoms with Crippen molar-refractivity contribution >= 4 is 0 Å². The maximum Gasteiger partial charge on any atom is 0.0102 e. The van der Waals surface area contributed by atoms with Crippen LogP contribution >= 0.6 is 0 Å². The first-order valence-electron chi connectivity index (χ1n) is 6.98. The Morgan fingerprint density at radius 1 is 1.38 bits per heavy atom. The molecule has 2 unspecified atom stereocenters. The summed E-state index contributed by atoms with van der Waals surface area (Å²) in [6, 6.07) is 1.43. The lowest BCUT2D eigenvalue weighted by atomic mass is 9.84. The summed E-state index contributed by atoms with van der Waals surface area (Å²) in [7, 11) is 0. The van der Waals surface area contributed by atoms with Gasteiger partial charge in [0.2, 0.25) is 0 Å². The number of likely N-dealkylation sites (tertiary alicyclic amines) is 1.